The van der Waals surface area contributed by atoms with Gasteiger partial charge >= 0.3 is 0 Å². The minimum Gasteiger partial charge on any atom is -0.354 e. The Morgan fingerprint density at radius 2 is 2.05 bits per heavy atom. The van der Waals surface area contributed by atoms with E-state index in [4.69, 9.17) is 0 Å². The third kappa shape index (κ3) is 5.20. The summed E-state index contributed by atoms with van der Waals surface area (Å²) in [6.45, 7) is 8.69. The quantitative estimate of drug-likeness (QED) is 0.572. The van der Waals surface area contributed by atoms with Crippen LogP contribution in [0.25, 0.3) is 0 Å². The van der Waals surface area contributed by atoms with E-state index in [0.29, 0.717) is 19.0 Å². The number of nitrogens with zero attached hydrogens (tertiary/aromatic N) is 4. The van der Waals surface area contributed by atoms with Gasteiger partial charge in [0.2, 0.25) is 11.8 Å². The van der Waals surface area contributed by atoms with Gasteiger partial charge in [-0.1, -0.05) is 6.92 Å². The van der Waals surface area contributed by atoms with Crippen molar-refractivity contribution in [3.8, 4) is 0 Å². The van der Waals surface area contributed by atoms with Gasteiger partial charge in [-0.15, -0.1) is 0 Å². The van der Waals surface area contributed by atoms with E-state index < -0.39 is 0 Å². The molecule has 1 aliphatic heterocycles. The van der Waals surface area contributed by atoms with Crippen molar-refractivity contribution in [1.82, 2.24) is 20.0 Å². The van der Waals surface area contributed by atoms with Gasteiger partial charge in [0, 0.05) is 39.8 Å². The lowest BCUT2D eigenvalue weighted by Gasteiger charge is -2.36. The predicted octanol–water partition coefficient (Wildman–Crippen LogP) is -0.0172. The summed E-state index contributed by atoms with van der Waals surface area (Å²) in [7, 11) is 3.42. The summed E-state index contributed by atoms with van der Waals surface area (Å²) in [4.78, 5) is 33.5. The van der Waals surface area contributed by atoms with E-state index in [1.807, 2.05) is 16.7 Å². The molecule has 1 saturated heterocycles. The number of aliphatic imine (C=N–C) groups is 1. The van der Waals surface area contributed by atoms with Crippen molar-refractivity contribution in [2.24, 2.45) is 4.99 Å². The third-order valence-electron chi connectivity index (χ3n) is 3.85. The van der Waals surface area contributed by atoms with E-state index in [1.54, 1.807) is 14.1 Å². The molecular weight excluding hydrogens is 282 g/mol. The maximum atomic E-state index is 12.1. The first-order chi connectivity index (χ1) is 10.4. The molecular formula is C15H29N5O2. The Bertz CT molecular complexity index is 422. The molecule has 0 aromatic rings. The molecule has 2 amide bonds. The number of piperazine rings is 1. The monoisotopic (exact) mass is 311 g/mol. The second-order valence-electron chi connectivity index (χ2n) is 5.78. The lowest BCUT2D eigenvalue weighted by Crippen LogP contribution is -2.56. The van der Waals surface area contributed by atoms with Gasteiger partial charge < -0.3 is 20.0 Å². The summed E-state index contributed by atoms with van der Waals surface area (Å²) in [5.74, 6) is 0.696. The molecule has 0 bridgehead atoms. The summed E-state index contributed by atoms with van der Waals surface area (Å²) in [5.41, 5.74) is 0. The van der Waals surface area contributed by atoms with Crippen LogP contribution in [0.3, 0.4) is 0 Å². The summed E-state index contributed by atoms with van der Waals surface area (Å²) < 4.78 is 0. The van der Waals surface area contributed by atoms with Crippen molar-refractivity contribution in [2.45, 2.75) is 33.2 Å². The first-order valence-electron chi connectivity index (χ1n) is 7.92. The van der Waals surface area contributed by atoms with E-state index in [-0.39, 0.29) is 24.4 Å². The second kappa shape index (κ2) is 8.60. The van der Waals surface area contributed by atoms with E-state index in [0.717, 1.165) is 19.5 Å². The average molecular weight is 311 g/mol. The van der Waals surface area contributed by atoms with Crippen LogP contribution in [0, 0.1) is 0 Å². The summed E-state index contributed by atoms with van der Waals surface area (Å²) in [6.07, 6.45) is 0.948. The molecule has 126 valence electrons. The summed E-state index contributed by atoms with van der Waals surface area (Å²) in [5, 5.41) is 3.32. The lowest BCUT2D eigenvalue weighted by atomic mass is 10.2. The van der Waals surface area contributed by atoms with Crippen molar-refractivity contribution in [2.75, 3.05) is 46.8 Å². The number of guanidine groups is 1. The Labute approximate surface area is 133 Å². The molecule has 1 N–H and O–H groups in total. The van der Waals surface area contributed by atoms with Crippen LogP contribution in [-0.4, -0.2) is 85.3 Å². The minimum atomic E-state index is -0.0537. The fourth-order valence-corrected chi connectivity index (χ4v) is 2.07. The first-order valence-corrected chi connectivity index (χ1v) is 7.92. The maximum absolute atomic E-state index is 12.1. The summed E-state index contributed by atoms with van der Waals surface area (Å²) >= 11 is 0. The van der Waals surface area contributed by atoms with Crippen molar-refractivity contribution < 1.29 is 9.59 Å². The molecule has 0 saturated carbocycles. The largest absolute Gasteiger partial charge is 0.354 e. The Balaban J connectivity index is 2.79. The molecule has 0 aliphatic carbocycles. The van der Waals surface area contributed by atoms with E-state index in [1.165, 1.54) is 4.90 Å². The standard InChI is InChI=1S/C15H29N5O2/c1-6-12(3)17-15(16-10-13(21)18(4)5)20-9-8-19(7-2)14(22)11-20/h12H,6-11H2,1-5H3,(H,16,17). The SMILES string of the molecule is CCC(C)NC(=NCC(=O)N(C)C)N1CCN(CC)C(=O)C1. The lowest BCUT2D eigenvalue weighted by molar-refractivity contribution is -0.134. The van der Waals surface area contributed by atoms with Gasteiger partial charge in [0.15, 0.2) is 5.96 Å². The van der Waals surface area contributed by atoms with Crippen LogP contribution in [0.5, 0.6) is 0 Å². The number of amides is 2. The molecule has 1 aliphatic rings. The molecule has 7 heteroatoms. The van der Waals surface area contributed by atoms with E-state index in [9.17, 15) is 9.59 Å². The zero-order valence-corrected chi connectivity index (χ0v) is 14.4. The smallest absolute Gasteiger partial charge is 0.243 e. The highest BCUT2D eigenvalue weighted by Gasteiger charge is 2.25. The van der Waals surface area contributed by atoms with E-state index in [2.05, 4.69) is 24.2 Å². The number of nitrogens with one attached hydrogen (secondary N) is 1. The molecule has 0 radical (unpaired) electrons. The molecule has 1 heterocycles. The third-order valence-corrected chi connectivity index (χ3v) is 3.85. The van der Waals surface area contributed by atoms with Crippen molar-refractivity contribution in [3.63, 3.8) is 0 Å². The van der Waals surface area contributed by atoms with Crippen LogP contribution in [0.4, 0.5) is 0 Å². The molecule has 0 spiro atoms. The van der Waals surface area contributed by atoms with E-state index >= 15 is 0 Å². The van der Waals surface area contributed by atoms with Crippen LogP contribution < -0.4 is 5.32 Å². The van der Waals surface area contributed by atoms with Gasteiger partial charge in [0.05, 0.1) is 6.54 Å². The van der Waals surface area contributed by atoms with Crippen LogP contribution in [0.15, 0.2) is 4.99 Å². The number of rotatable bonds is 5. The van der Waals surface area contributed by atoms with Gasteiger partial charge in [0.25, 0.3) is 0 Å². The zero-order valence-electron chi connectivity index (χ0n) is 14.4. The molecule has 0 aromatic heterocycles. The van der Waals surface area contributed by atoms with Gasteiger partial charge in [-0.05, 0) is 20.3 Å². The number of carbonyl (C=O) groups excluding carboxylic acids is 2. The maximum Gasteiger partial charge on any atom is 0.243 e. The molecule has 1 fully saturated rings. The van der Waals surface area contributed by atoms with Gasteiger partial charge in [-0.25, -0.2) is 4.99 Å². The molecule has 1 unspecified atom stereocenters. The molecule has 7 nitrogen and oxygen atoms in total. The normalized spacial score (nSPS) is 17.5. The van der Waals surface area contributed by atoms with Gasteiger partial charge in [-0.2, -0.15) is 0 Å². The van der Waals surface area contributed by atoms with Crippen molar-refractivity contribution in [1.29, 1.82) is 0 Å². The Morgan fingerprint density at radius 1 is 1.36 bits per heavy atom. The van der Waals surface area contributed by atoms with Crippen LogP contribution in [-0.2, 0) is 9.59 Å². The van der Waals surface area contributed by atoms with Gasteiger partial charge in [-0.3, -0.25) is 9.59 Å². The van der Waals surface area contributed by atoms with Crippen LogP contribution >= 0.6 is 0 Å². The molecule has 22 heavy (non-hydrogen) atoms. The van der Waals surface area contributed by atoms with Crippen molar-refractivity contribution >= 4 is 17.8 Å². The first kappa shape index (κ1) is 18.3. The molecule has 0 aromatic carbocycles. The summed E-state index contributed by atoms with van der Waals surface area (Å²) in [6, 6.07) is 0.243. The number of likely N-dealkylation sites (N-methyl/N-ethyl adjacent to an activating group) is 2. The van der Waals surface area contributed by atoms with Crippen LogP contribution in [0.2, 0.25) is 0 Å². The highest BCUT2D eigenvalue weighted by Crippen LogP contribution is 2.05. The highest BCUT2D eigenvalue weighted by molar-refractivity contribution is 5.89. The second-order valence-corrected chi connectivity index (χ2v) is 5.78. The fraction of sp³-hybridized carbons (Fsp3) is 0.800. The van der Waals surface area contributed by atoms with Crippen molar-refractivity contribution in [3.05, 3.63) is 0 Å². The highest BCUT2D eigenvalue weighted by atomic mass is 16.2. The van der Waals surface area contributed by atoms with Crippen LogP contribution in [0.1, 0.15) is 27.2 Å². The number of hydrogen-bond donors (Lipinski definition) is 1. The number of carbonyl (C=O) groups is 2. The Morgan fingerprint density at radius 3 is 2.55 bits per heavy atom. The Hall–Kier alpha value is -1.79. The number of hydrogen-bond acceptors (Lipinski definition) is 3. The zero-order chi connectivity index (χ0) is 16.7. The van der Waals surface area contributed by atoms with Gasteiger partial charge in [0.1, 0.15) is 6.54 Å². The average Bonchev–Trinajstić information content (AvgIpc) is 2.50. The molecule has 1 atom stereocenters. The topological polar surface area (TPSA) is 68.2 Å². The molecule has 1 rings (SSSR count). The Kier molecular flexibility index (Phi) is 7.14. The fourth-order valence-electron chi connectivity index (χ4n) is 2.07. The minimum absolute atomic E-state index is 0.0537. The predicted molar refractivity (Wildman–Crippen MR) is 87.7 cm³/mol.